The SMILES string of the molecule is CCc1ccccc1N1C(=O)CN(Cc2ccccc2)C2CS(=O)(=O)CC21. The Labute approximate surface area is 160 Å². The summed E-state index contributed by atoms with van der Waals surface area (Å²) in [7, 11) is -3.17. The lowest BCUT2D eigenvalue weighted by Gasteiger charge is -2.44. The minimum atomic E-state index is -3.17. The van der Waals surface area contributed by atoms with Gasteiger partial charge in [0, 0.05) is 18.3 Å². The molecule has 6 heteroatoms. The first kappa shape index (κ1) is 18.2. The number of hydrogen-bond donors (Lipinski definition) is 0. The van der Waals surface area contributed by atoms with E-state index in [1.165, 1.54) is 0 Å². The summed E-state index contributed by atoms with van der Waals surface area (Å²) in [6.07, 6.45) is 0.803. The van der Waals surface area contributed by atoms with Gasteiger partial charge in [-0.15, -0.1) is 0 Å². The third-order valence-electron chi connectivity index (χ3n) is 5.56. The predicted octanol–water partition coefficient (Wildman–Crippen LogP) is 2.26. The zero-order valence-corrected chi connectivity index (χ0v) is 16.2. The number of aryl methyl sites for hydroxylation is 1. The van der Waals surface area contributed by atoms with Crippen LogP contribution in [0.15, 0.2) is 54.6 Å². The average Bonchev–Trinajstić information content (AvgIpc) is 2.98. The molecule has 0 saturated carbocycles. The highest BCUT2D eigenvalue weighted by Crippen LogP contribution is 2.34. The molecule has 2 aliphatic rings. The second-order valence-electron chi connectivity index (χ2n) is 7.35. The number of sulfone groups is 1. The lowest BCUT2D eigenvalue weighted by atomic mass is 10.00. The van der Waals surface area contributed by atoms with E-state index in [1.54, 1.807) is 4.90 Å². The average molecular weight is 385 g/mol. The Morgan fingerprint density at radius 3 is 2.37 bits per heavy atom. The van der Waals surface area contributed by atoms with Crippen LogP contribution in [0.5, 0.6) is 0 Å². The molecule has 1 amide bonds. The van der Waals surface area contributed by atoms with Crippen molar-refractivity contribution in [3.8, 4) is 0 Å². The number of anilines is 1. The van der Waals surface area contributed by atoms with Crippen molar-refractivity contribution in [3.05, 3.63) is 65.7 Å². The molecule has 0 spiro atoms. The minimum Gasteiger partial charge on any atom is -0.305 e. The second kappa shape index (κ2) is 7.09. The molecule has 2 atom stereocenters. The lowest BCUT2D eigenvalue weighted by Crippen LogP contribution is -2.61. The molecule has 0 aromatic heterocycles. The first-order valence-corrected chi connectivity index (χ1v) is 11.2. The first-order valence-electron chi connectivity index (χ1n) is 9.37. The monoisotopic (exact) mass is 384 g/mol. The largest absolute Gasteiger partial charge is 0.305 e. The van der Waals surface area contributed by atoms with Gasteiger partial charge in [0.25, 0.3) is 0 Å². The van der Waals surface area contributed by atoms with Gasteiger partial charge < -0.3 is 4.90 Å². The zero-order chi connectivity index (χ0) is 19.0. The maximum Gasteiger partial charge on any atom is 0.241 e. The van der Waals surface area contributed by atoms with Crippen molar-refractivity contribution in [1.82, 2.24) is 4.90 Å². The number of para-hydroxylation sites is 1. The molecule has 2 unspecified atom stereocenters. The molecule has 0 radical (unpaired) electrons. The van der Waals surface area contributed by atoms with E-state index in [4.69, 9.17) is 0 Å². The molecule has 0 bridgehead atoms. The van der Waals surface area contributed by atoms with Crippen LogP contribution in [0.25, 0.3) is 0 Å². The van der Waals surface area contributed by atoms with Gasteiger partial charge in [-0.3, -0.25) is 9.69 Å². The van der Waals surface area contributed by atoms with Crippen molar-refractivity contribution in [1.29, 1.82) is 0 Å². The molecular weight excluding hydrogens is 360 g/mol. The number of carbonyl (C=O) groups is 1. The van der Waals surface area contributed by atoms with E-state index < -0.39 is 9.84 Å². The van der Waals surface area contributed by atoms with Gasteiger partial charge in [0.05, 0.1) is 24.1 Å². The number of piperazine rings is 1. The molecule has 0 aliphatic carbocycles. The summed E-state index contributed by atoms with van der Waals surface area (Å²) in [5.74, 6) is 0.125. The molecule has 27 heavy (non-hydrogen) atoms. The number of fused-ring (bicyclic) bond motifs is 1. The Hall–Kier alpha value is -2.18. The zero-order valence-electron chi connectivity index (χ0n) is 15.4. The van der Waals surface area contributed by atoms with Crippen LogP contribution >= 0.6 is 0 Å². The number of benzene rings is 2. The fourth-order valence-electron chi connectivity index (χ4n) is 4.31. The van der Waals surface area contributed by atoms with Crippen LogP contribution < -0.4 is 4.90 Å². The Bertz CT molecular complexity index is 943. The normalized spacial score (nSPS) is 24.8. The summed E-state index contributed by atoms with van der Waals surface area (Å²) in [5.41, 5.74) is 3.03. The van der Waals surface area contributed by atoms with Crippen molar-refractivity contribution in [2.45, 2.75) is 32.0 Å². The molecule has 142 valence electrons. The molecule has 2 heterocycles. The second-order valence-corrected chi connectivity index (χ2v) is 9.50. The molecule has 2 fully saturated rings. The summed E-state index contributed by atoms with van der Waals surface area (Å²) >= 11 is 0. The topological polar surface area (TPSA) is 57.7 Å². The number of amides is 1. The number of hydrogen-bond acceptors (Lipinski definition) is 4. The van der Waals surface area contributed by atoms with E-state index in [9.17, 15) is 13.2 Å². The summed E-state index contributed by atoms with van der Waals surface area (Å²) in [6.45, 7) is 2.88. The van der Waals surface area contributed by atoms with Gasteiger partial charge in [0.1, 0.15) is 0 Å². The maximum absolute atomic E-state index is 13.1. The molecular formula is C21H24N2O3S. The highest BCUT2D eigenvalue weighted by molar-refractivity contribution is 7.91. The fraction of sp³-hybridized carbons (Fsp3) is 0.381. The van der Waals surface area contributed by atoms with Gasteiger partial charge in [0.2, 0.25) is 5.91 Å². The van der Waals surface area contributed by atoms with Gasteiger partial charge in [-0.25, -0.2) is 8.42 Å². The maximum atomic E-state index is 13.1. The molecule has 2 aromatic rings. The quantitative estimate of drug-likeness (QED) is 0.811. The highest BCUT2D eigenvalue weighted by atomic mass is 32.2. The number of nitrogens with zero attached hydrogens (tertiary/aromatic N) is 2. The lowest BCUT2D eigenvalue weighted by molar-refractivity contribution is -0.123. The summed E-state index contributed by atoms with van der Waals surface area (Å²) in [4.78, 5) is 16.9. The number of rotatable bonds is 4. The summed E-state index contributed by atoms with van der Waals surface area (Å²) in [6, 6.07) is 17.2. The van der Waals surface area contributed by atoms with Gasteiger partial charge in [-0.1, -0.05) is 55.5 Å². The molecule has 2 saturated heterocycles. The smallest absolute Gasteiger partial charge is 0.241 e. The van der Waals surface area contributed by atoms with E-state index >= 15 is 0 Å². The van der Waals surface area contributed by atoms with Crippen LogP contribution in [0.3, 0.4) is 0 Å². The summed E-state index contributed by atoms with van der Waals surface area (Å²) in [5, 5.41) is 0. The van der Waals surface area contributed by atoms with Crippen LogP contribution in [0.2, 0.25) is 0 Å². The van der Waals surface area contributed by atoms with Crippen LogP contribution in [0.4, 0.5) is 5.69 Å². The van der Waals surface area contributed by atoms with E-state index in [0.717, 1.165) is 23.2 Å². The van der Waals surface area contributed by atoms with E-state index in [0.29, 0.717) is 6.54 Å². The predicted molar refractivity (Wildman–Crippen MR) is 106 cm³/mol. The van der Waals surface area contributed by atoms with Crippen molar-refractivity contribution < 1.29 is 13.2 Å². The van der Waals surface area contributed by atoms with Crippen molar-refractivity contribution in [2.24, 2.45) is 0 Å². The van der Waals surface area contributed by atoms with Crippen molar-refractivity contribution in [3.63, 3.8) is 0 Å². The first-order chi connectivity index (χ1) is 13.0. The fourth-order valence-corrected chi connectivity index (χ4v) is 6.29. The van der Waals surface area contributed by atoms with E-state index in [2.05, 4.69) is 6.92 Å². The minimum absolute atomic E-state index is 0.0230. The molecule has 5 nitrogen and oxygen atoms in total. The van der Waals surface area contributed by atoms with Crippen LogP contribution in [-0.2, 0) is 27.6 Å². The Kier molecular flexibility index (Phi) is 4.78. The molecule has 4 rings (SSSR count). The van der Waals surface area contributed by atoms with Gasteiger partial charge >= 0.3 is 0 Å². The number of carbonyl (C=O) groups excluding carboxylic acids is 1. The van der Waals surface area contributed by atoms with Crippen molar-refractivity contribution in [2.75, 3.05) is 23.0 Å². The standard InChI is InChI=1S/C21H24N2O3S/c1-2-17-10-6-7-11-18(17)23-20-15-27(25,26)14-19(20)22(13-21(23)24)12-16-8-4-3-5-9-16/h3-11,19-20H,2,12-15H2,1H3. The third-order valence-corrected chi connectivity index (χ3v) is 7.26. The molecule has 2 aromatic carbocycles. The van der Waals surface area contributed by atoms with Crippen LogP contribution in [0.1, 0.15) is 18.1 Å². The van der Waals surface area contributed by atoms with Crippen molar-refractivity contribution >= 4 is 21.4 Å². The Morgan fingerprint density at radius 1 is 0.963 bits per heavy atom. The van der Waals surface area contributed by atoms with Crippen LogP contribution in [-0.4, -0.2) is 49.4 Å². The van der Waals surface area contributed by atoms with Gasteiger partial charge in [-0.05, 0) is 23.6 Å². The Balaban J connectivity index is 1.70. The van der Waals surface area contributed by atoms with Gasteiger partial charge in [0.15, 0.2) is 9.84 Å². The molecule has 0 N–H and O–H groups in total. The van der Waals surface area contributed by atoms with E-state index in [-0.39, 0.29) is 36.0 Å². The third kappa shape index (κ3) is 3.51. The van der Waals surface area contributed by atoms with E-state index in [1.807, 2.05) is 59.5 Å². The Morgan fingerprint density at radius 2 is 1.63 bits per heavy atom. The van der Waals surface area contributed by atoms with Crippen LogP contribution in [0, 0.1) is 0 Å². The molecule has 2 aliphatic heterocycles. The van der Waals surface area contributed by atoms with Gasteiger partial charge in [-0.2, -0.15) is 0 Å². The highest BCUT2D eigenvalue weighted by Gasteiger charge is 2.49. The summed E-state index contributed by atoms with van der Waals surface area (Å²) < 4.78 is 24.9.